The lowest BCUT2D eigenvalue weighted by Crippen LogP contribution is -2.30. The molecule has 58 heavy (non-hydrogen) atoms. The average Bonchev–Trinajstić information content (AvgIpc) is 3.22. The van der Waals surface area contributed by atoms with Gasteiger partial charge >= 0.3 is 17.9 Å². The molecule has 0 aliphatic heterocycles. The van der Waals surface area contributed by atoms with Crippen LogP contribution in [0.15, 0.2) is 36.5 Å². The Morgan fingerprint density at radius 2 is 0.638 bits per heavy atom. The van der Waals surface area contributed by atoms with Gasteiger partial charge in [-0.05, 0) is 64.2 Å². The van der Waals surface area contributed by atoms with E-state index in [9.17, 15) is 14.4 Å². The van der Waals surface area contributed by atoms with Crippen molar-refractivity contribution < 1.29 is 28.6 Å². The van der Waals surface area contributed by atoms with Crippen molar-refractivity contribution >= 4 is 17.9 Å². The van der Waals surface area contributed by atoms with E-state index in [-0.39, 0.29) is 31.1 Å². The van der Waals surface area contributed by atoms with Gasteiger partial charge in [-0.2, -0.15) is 0 Å². The molecule has 0 fully saturated rings. The van der Waals surface area contributed by atoms with Gasteiger partial charge in [0.05, 0.1) is 0 Å². The van der Waals surface area contributed by atoms with E-state index in [0.717, 1.165) is 83.5 Å². The molecule has 0 aliphatic carbocycles. The largest absolute Gasteiger partial charge is 0.462 e. The summed E-state index contributed by atoms with van der Waals surface area (Å²) in [6.45, 7) is 6.56. The summed E-state index contributed by atoms with van der Waals surface area (Å²) in [6, 6.07) is 0. The molecule has 0 N–H and O–H groups in total. The number of hydrogen-bond donors (Lipinski definition) is 0. The molecule has 0 rings (SSSR count). The van der Waals surface area contributed by atoms with Crippen LogP contribution in [0.4, 0.5) is 0 Å². The molecule has 0 aliphatic rings. The van der Waals surface area contributed by atoms with Gasteiger partial charge in [0.2, 0.25) is 0 Å². The molecular formula is C52H94O6. The Bertz CT molecular complexity index is 984. The first-order valence-electron chi connectivity index (χ1n) is 25.0. The Hall–Kier alpha value is -2.37. The molecule has 338 valence electrons. The van der Waals surface area contributed by atoms with Crippen molar-refractivity contribution in [1.29, 1.82) is 0 Å². The minimum Gasteiger partial charge on any atom is -0.462 e. The predicted molar refractivity (Wildman–Crippen MR) is 247 cm³/mol. The van der Waals surface area contributed by atoms with Crippen LogP contribution in [0, 0.1) is 0 Å². The minimum atomic E-state index is -0.786. The van der Waals surface area contributed by atoms with Crippen LogP contribution in [-0.4, -0.2) is 37.2 Å². The van der Waals surface area contributed by atoms with Crippen molar-refractivity contribution in [3.05, 3.63) is 36.5 Å². The van der Waals surface area contributed by atoms with Gasteiger partial charge < -0.3 is 14.2 Å². The van der Waals surface area contributed by atoms with Crippen molar-refractivity contribution in [3.8, 4) is 0 Å². The van der Waals surface area contributed by atoms with Crippen molar-refractivity contribution in [2.75, 3.05) is 13.2 Å². The fourth-order valence-corrected chi connectivity index (χ4v) is 7.06. The summed E-state index contributed by atoms with van der Waals surface area (Å²) in [5.74, 6) is -0.922. The topological polar surface area (TPSA) is 78.9 Å². The van der Waals surface area contributed by atoms with Crippen LogP contribution in [0.3, 0.4) is 0 Å². The molecule has 0 aromatic heterocycles. The van der Waals surface area contributed by atoms with Gasteiger partial charge in [0, 0.05) is 19.3 Å². The third-order valence-electron chi connectivity index (χ3n) is 10.9. The standard InChI is InChI=1S/C52H94O6/c1-4-7-10-13-16-19-22-24-26-28-30-33-36-39-42-45-51(54)57-48-49(47-56-50(53)44-41-38-35-32-29-21-18-15-12-9-6-3)58-52(55)46-43-40-37-34-31-27-25-23-20-17-14-11-8-5-2/h15,18,21,27,29,31,49H,4-14,16-17,19-20,22-26,28,30,32-48H2,1-3H3/b18-15-,29-21-,31-27-. The van der Waals surface area contributed by atoms with E-state index >= 15 is 0 Å². The van der Waals surface area contributed by atoms with Gasteiger partial charge in [0.1, 0.15) is 13.2 Å². The molecule has 0 saturated heterocycles. The zero-order chi connectivity index (χ0) is 42.3. The molecule has 0 spiro atoms. The highest BCUT2D eigenvalue weighted by Gasteiger charge is 2.19. The summed E-state index contributed by atoms with van der Waals surface area (Å²) in [5.41, 5.74) is 0. The molecule has 1 unspecified atom stereocenters. The fraction of sp³-hybridized carbons (Fsp3) is 0.827. The molecular weight excluding hydrogens is 721 g/mol. The van der Waals surface area contributed by atoms with E-state index in [0.29, 0.717) is 19.3 Å². The lowest BCUT2D eigenvalue weighted by atomic mass is 10.0. The average molecular weight is 815 g/mol. The smallest absolute Gasteiger partial charge is 0.306 e. The van der Waals surface area contributed by atoms with Crippen LogP contribution >= 0.6 is 0 Å². The van der Waals surface area contributed by atoms with E-state index in [2.05, 4.69) is 57.2 Å². The van der Waals surface area contributed by atoms with Crippen LogP contribution in [0.2, 0.25) is 0 Å². The summed E-state index contributed by atoms with van der Waals surface area (Å²) in [7, 11) is 0. The molecule has 0 amide bonds. The maximum absolute atomic E-state index is 12.7. The number of esters is 3. The first-order valence-corrected chi connectivity index (χ1v) is 25.0. The Balaban J connectivity index is 4.39. The van der Waals surface area contributed by atoms with Gasteiger partial charge in [-0.25, -0.2) is 0 Å². The number of unbranched alkanes of at least 4 members (excludes halogenated alkanes) is 29. The molecule has 6 heteroatoms. The number of ether oxygens (including phenoxy) is 3. The zero-order valence-electron chi connectivity index (χ0n) is 38.6. The molecule has 0 heterocycles. The fourth-order valence-electron chi connectivity index (χ4n) is 7.06. The van der Waals surface area contributed by atoms with Crippen molar-refractivity contribution in [1.82, 2.24) is 0 Å². The molecule has 0 aromatic rings. The van der Waals surface area contributed by atoms with Crippen molar-refractivity contribution in [2.45, 2.75) is 264 Å². The molecule has 0 bridgehead atoms. The van der Waals surface area contributed by atoms with Gasteiger partial charge in [-0.1, -0.05) is 211 Å². The second kappa shape index (κ2) is 47.3. The maximum Gasteiger partial charge on any atom is 0.306 e. The highest BCUT2D eigenvalue weighted by molar-refractivity contribution is 5.71. The van der Waals surface area contributed by atoms with E-state index in [1.165, 1.54) is 135 Å². The second-order valence-electron chi connectivity index (χ2n) is 16.8. The Morgan fingerprint density at radius 3 is 1.03 bits per heavy atom. The summed E-state index contributed by atoms with van der Waals surface area (Å²) in [5, 5.41) is 0. The summed E-state index contributed by atoms with van der Waals surface area (Å²) < 4.78 is 16.7. The molecule has 0 radical (unpaired) electrons. The SMILES string of the molecule is CCCC/C=C\C=C/CCCCCC(=O)OCC(COC(=O)CCCCCCCCCCCCCCCCC)OC(=O)CCCCC/C=C\CCCCCCCCC. The van der Waals surface area contributed by atoms with Crippen LogP contribution in [0.25, 0.3) is 0 Å². The van der Waals surface area contributed by atoms with E-state index in [1.807, 2.05) is 0 Å². The summed E-state index contributed by atoms with van der Waals surface area (Å²) in [4.78, 5) is 37.8. The first kappa shape index (κ1) is 55.6. The van der Waals surface area contributed by atoms with Crippen LogP contribution < -0.4 is 0 Å². The normalized spacial score (nSPS) is 12.3. The number of allylic oxidation sites excluding steroid dienone is 6. The van der Waals surface area contributed by atoms with Crippen LogP contribution in [0.1, 0.15) is 258 Å². The number of hydrogen-bond acceptors (Lipinski definition) is 6. The summed E-state index contributed by atoms with van der Waals surface area (Å²) in [6.07, 6.45) is 54.1. The Morgan fingerprint density at radius 1 is 0.345 bits per heavy atom. The maximum atomic E-state index is 12.7. The van der Waals surface area contributed by atoms with Gasteiger partial charge in [0.25, 0.3) is 0 Å². The molecule has 1 atom stereocenters. The first-order chi connectivity index (χ1) is 28.5. The third kappa shape index (κ3) is 44.7. The monoisotopic (exact) mass is 815 g/mol. The Kier molecular flexibility index (Phi) is 45.4. The summed E-state index contributed by atoms with van der Waals surface area (Å²) >= 11 is 0. The molecule has 0 aromatic carbocycles. The molecule has 6 nitrogen and oxygen atoms in total. The number of rotatable bonds is 45. The van der Waals surface area contributed by atoms with Crippen LogP contribution in [0.5, 0.6) is 0 Å². The highest BCUT2D eigenvalue weighted by atomic mass is 16.6. The highest BCUT2D eigenvalue weighted by Crippen LogP contribution is 2.15. The number of carbonyl (C=O) groups is 3. The predicted octanol–water partition coefficient (Wildman–Crippen LogP) is 16.1. The van der Waals surface area contributed by atoms with Gasteiger partial charge in [0.15, 0.2) is 6.10 Å². The Labute approximate surface area is 359 Å². The van der Waals surface area contributed by atoms with E-state index in [4.69, 9.17) is 14.2 Å². The lowest BCUT2D eigenvalue weighted by molar-refractivity contribution is -0.167. The van der Waals surface area contributed by atoms with Crippen molar-refractivity contribution in [2.24, 2.45) is 0 Å². The quantitative estimate of drug-likeness (QED) is 0.0200. The minimum absolute atomic E-state index is 0.0840. The van der Waals surface area contributed by atoms with E-state index in [1.54, 1.807) is 0 Å². The van der Waals surface area contributed by atoms with E-state index < -0.39 is 6.10 Å². The van der Waals surface area contributed by atoms with Gasteiger partial charge in [-0.3, -0.25) is 14.4 Å². The van der Waals surface area contributed by atoms with Crippen LogP contribution in [-0.2, 0) is 28.6 Å². The molecule has 0 saturated carbocycles. The lowest BCUT2D eigenvalue weighted by Gasteiger charge is -2.18. The van der Waals surface area contributed by atoms with Gasteiger partial charge in [-0.15, -0.1) is 0 Å². The second-order valence-corrected chi connectivity index (χ2v) is 16.8. The third-order valence-corrected chi connectivity index (χ3v) is 10.9. The number of carbonyl (C=O) groups excluding carboxylic acids is 3. The van der Waals surface area contributed by atoms with Crippen molar-refractivity contribution in [3.63, 3.8) is 0 Å². The zero-order valence-corrected chi connectivity index (χ0v) is 38.6.